The predicted molar refractivity (Wildman–Crippen MR) is 93.5 cm³/mol. The molecule has 1 heterocycles. The molecule has 24 heavy (non-hydrogen) atoms. The van der Waals surface area contributed by atoms with Crippen LogP contribution in [-0.2, 0) is 0 Å². The smallest absolute Gasteiger partial charge is 0.251 e. The zero-order valence-electron chi connectivity index (χ0n) is 13.6. The van der Waals surface area contributed by atoms with Gasteiger partial charge in [0.1, 0.15) is 0 Å². The quantitative estimate of drug-likeness (QED) is 0.921. The van der Waals surface area contributed by atoms with E-state index in [1.807, 2.05) is 30.3 Å². The van der Waals surface area contributed by atoms with E-state index in [4.69, 9.17) is 5.26 Å². The molecule has 2 aromatic rings. The Morgan fingerprint density at radius 3 is 2.58 bits per heavy atom. The van der Waals surface area contributed by atoms with Crippen molar-refractivity contribution in [1.29, 1.82) is 5.26 Å². The molecule has 1 N–H and O–H groups in total. The number of rotatable bonds is 5. The van der Waals surface area contributed by atoms with Crippen molar-refractivity contribution in [2.24, 2.45) is 0 Å². The topological polar surface area (TPSA) is 56.1 Å². The molecule has 1 aliphatic rings. The molecule has 0 spiro atoms. The highest BCUT2D eigenvalue weighted by molar-refractivity contribution is 5.94. The fourth-order valence-electron chi connectivity index (χ4n) is 3.11. The minimum atomic E-state index is -0.139. The summed E-state index contributed by atoms with van der Waals surface area (Å²) in [4.78, 5) is 15.0. The first-order chi connectivity index (χ1) is 11.8. The van der Waals surface area contributed by atoms with Crippen LogP contribution < -0.4 is 5.32 Å². The van der Waals surface area contributed by atoms with Crippen LogP contribution in [0.3, 0.4) is 0 Å². The van der Waals surface area contributed by atoms with E-state index in [1.165, 1.54) is 12.8 Å². The van der Waals surface area contributed by atoms with E-state index >= 15 is 0 Å². The summed E-state index contributed by atoms with van der Waals surface area (Å²) in [6.45, 7) is 2.99. The van der Waals surface area contributed by atoms with Crippen molar-refractivity contribution in [2.75, 3.05) is 19.6 Å². The Labute approximate surface area is 142 Å². The molecule has 0 aromatic heterocycles. The lowest BCUT2D eigenvalue weighted by Gasteiger charge is -2.25. The minimum absolute atomic E-state index is 0.0532. The monoisotopic (exact) mass is 319 g/mol. The number of nitrogens with one attached hydrogen (secondary N) is 1. The average molecular weight is 319 g/mol. The lowest BCUT2D eigenvalue weighted by molar-refractivity contribution is 0.0927. The van der Waals surface area contributed by atoms with Crippen molar-refractivity contribution in [3.8, 4) is 6.07 Å². The van der Waals surface area contributed by atoms with Crippen LogP contribution in [-0.4, -0.2) is 30.4 Å². The Morgan fingerprint density at radius 2 is 1.88 bits per heavy atom. The van der Waals surface area contributed by atoms with Crippen LogP contribution in [0.5, 0.6) is 0 Å². The van der Waals surface area contributed by atoms with E-state index in [0.717, 1.165) is 25.2 Å². The average Bonchev–Trinajstić information content (AvgIpc) is 3.15. The van der Waals surface area contributed by atoms with Gasteiger partial charge in [-0.3, -0.25) is 4.79 Å². The van der Waals surface area contributed by atoms with Crippen molar-refractivity contribution in [1.82, 2.24) is 10.2 Å². The molecule has 1 atom stereocenters. The largest absolute Gasteiger partial charge is 0.344 e. The molecule has 0 bridgehead atoms. The van der Waals surface area contributed by atoms with Gasteiger partial charge in [-0.2, -0.15) is 5.26 Å². The van der Waals surface area contributed by atoms with Crippen LogP contribution >= 0.6 is 0 Å². The van der Waals surface area contributed by atoms with Gasteiger partial charge in [0.2, 0.25) is 0 Å². The molecule has 1 fully saturated rings. The van der Waals surface area contributed by atoms with Crippen LogP contribution in [0.1, 0.15) is 40.4 Å². The molecule has 0 saturated carbocycles. The highest BCUT2D eigenvalue weighted by atomic mass is 16.1. The van der Waals surface area contributed by atoms with Gasteiger partial charge in [0.25, 0.3) is 5.91 Å². The first-order valence-electron chi connectivity index (χ1n) is 8.34. The molecular weight excluding hydrogens is 298 g/mol. The highest BCUT2D eigenvalue weighted by Crippen LogP contribution is 2.18. The molecule has 3 rings (SSSR count). The van der Waals surface area contributed by atoms with Gasteiger partial charge in [0.05, 0.1) is 17.7 Å². The fraction of sp³-hybridized carbons (Fsp3) is 0.300. The summed E-state index contributed by atoms with van der Waals surface area (Å²) >= 11 is 0. The number of carbonyl (C=O) groups is 1. The van der Waals surface area contributed by atoms with Gasteiger partial charge in [0.15, 0.2) is 0 Å². The Hall–Kier alpha value is -2.64. The molecule has 122 valence electrons. The van der Waals surface area contributed by atoms with Crippen molar-refractivity contribution < 1.29 is 4.79 Å². The lowest BCUT2D eigenvalue weighted by atomic mass is 10.0. The van der Waals surface area contributed by atoms with Gasteiger partial charge in [-0.25, -0.2) is 0 Å². The summed E-state index contributed by atoms with van der Waals surface area (Å²) in [5.41, 5.74) is 2.13. The minimum Gasteiger partial charge on any atom is -0.344 e. The molecule has 1 amide bonds. The zero-order chi connectivity index (χ0) is 16.8. The maximum absolute atomic E-state index is 12.6. The standard InChI is InChI=1S/C20H21N3O/c21-14-16-7-6-10-18(13-16)20(24)22-19(15-23-11-4-5-12-23)17-8-2-1-3-9-17/h1-3,6-10,13,19H,4-5,11-12,15H2,(H,22,24)/t19-/m1/s1. The summed E-state index contributed by atoms with van der Waals surface area (Å²) in [5.74, 6) is -0.139. The first kappa shape index (κ1) is 16.2. The number of nitrogens with zero attached hydrogens (tertiary/aromatic N) is 2. The first-order valence-corrected chi connectivity index (χ1v) is 8.34. The summed E-state index contributed by atoms with van der Waals surface area (Å²) < 4.78 is 0. The number of nitriles is 1. The summed E-state index contributed by atoms with van der Waals surface area (Å²) in [6.07, 6.45) is 2.44. The van der Waals surface area contributed by atoms with Crippen LogP contribution in [0.15, 0.2) is 54.6 Å². The van der Waals surface area contributed by atoms with Gasteiger partial charge in [-0.15, -0.1) is 0 Å². The van der Waals surface area contributed by atoms with E-state index in [0.29, 0.717) is 11.1 Å². The van der Waals surface area contributed by atoms with Gasteiger partial charge < -0.3 is 10.2 Å². The maximum Gasteiger partial charge on any atom is 0.251 e. The third-order valence-corrected chi connectivity index (χ3v) is 4.40. The molecular formula is C20H21N3O. The van der Waals surface area contributed by atoms with Crippen LogP contribution in [0.25, 0.3) is 0 Å². The van der Waals surface area contributed by atoms with Crippen LogP contribution in [0.2, 0.25) is 0 Å². The van der Waals surface area contributed by atoms with E-state index in [-0.39, 0.29) is 11.9 Å². The number of hydrogen-bond acceptors (Lipinski definition) is 3. The lowest BCUT2D eigenvalue weighted by Crippen LogP contribution is -2.37. The molecule has 1 saturated heterocycles. The normalized spacial score (nSPS) is 15.6. The van der Waals surface area contributed by atoms with Crippen LogP contribution in [0.4, 0.5) is 0 Å². The van der Waals surface area contributed by atoms with Crippen molar-refractivity contribution >= 4 is 5.91 Å². The Bertz CT molecular complexity index is 730. The molecule has 4 heteroatoms. The SMILES string of the molecule is N#Cc1cccc(C(=O)N[C@H](CN2CCCC2)c2ccccc2)c1. The molecule has 0 unspecified atom stereocenters. The van der Waals surface area contributed by atoms with Crippen LogP contribution in [0, 0.1) is 11.3 Å². The summed E-state index contributed by atoms with van der Waals surface area (Å²) in [6, 6.07) is 18.9. The number of benzene rings is 2. The number of hydrogen-bond donors (Lipinski definition) is 1. The van der Waals surface area contributed by atoms with E-state index in [2.05, 4.69) is 16.3 Å². The van der Waals surface area contributed by atoms with Crippen molar-refractivity contribution in [3.05, 3.63) is 71.3 Å². The van der Waals surface area contributed by atoms with Gasteiger partial charge in [0, 0.05) is 12.1 Å². The Balaban J connectivity index is 1.77. The Kier molecular flexibility index (Phi) is 5.25. The summed E-state index contributed by atoms with van der Waals surface area (Å²) in [7, 11) is 0. The molecule has 1 aliphatic heterocycles. The third-order valence-electron chi connectivity index (χ3n) is 4.40. The van der Waals surface area contributed by atoms with E-state index in [9.17, 15) is 4.79 Å². The van der Waals surface area contributed by atoms with E-state index < -0.39 is 0 Å². The van der Waals surface area contributed by atoms with Gasteiger partial charge in [-0.05, 0) is 49.7 Å². The maximum atomic E-state index is 12.6. The second-order valence-electron chi connectivity index (χ2n) is 6.14. The molecule has 0 aliphatic carbocycles. The number of carbonyl (C=O) groups excluding carboxylic acids is 1. The molecule has 2 aromatic carbocycles. The van der Waals surface area contributed by atoms with Gasteiger partial charge in [-0.1, -0.05) is 36.4 Å². The van der Waals surface area contributed by atoms with E-state index in [1.54, 1.807) is 24.3 Å². The highest BCUT2D eigenvalue weighted by Gasteiger charge is 2.21. The third kappa shape index (κ3) is 4.01. The van der Waals surface area contributed by atoms with Crippen molar-refractivity contribution in [2.45, 2.75) is 18.9 Å². The second-order valence-corrected chi connectivity index (χ2v) is 6.14. The van der Waals surface area contributed by atoms with Gasteiger partial charge >= 0.3 is 0 Å². The summed E-state index contributed by atoms with van der Waals surface area (Å²) in [5, 5.41) is 12.1. The number of amides is 1. The van der Waals surface area contributed by atoms with Crippen molar-refractivity contribution in [3.63, 3.8) is 0 Å². The fourth-order valence-corrected chi connectivity index (χ4v) is 3.11. The number of likely N-dealkylation sites (tertiary alicyclic amines) is 1. The predicted octanol–water partition coefficient (Wildman–Crippen LogP) is 3.13. The molecule has 0 radical (unpaired) electrons. The second kappa shape index (κ2) is 7.76. The Morgan fingerprint density at radius 1 is 1.12 bits per heavy atom. The zero-order valence-corrected chi connectivity index (χ0v) is 13.6. The molecule has 4 nitrogen and oxygen atoms in total.